The van der Waals surface area contributed by atoms with E-state index < -0.39 is 21.7 Å². The van der Waals surface area contributed by atoms with Crippen molar-refractivity contribution in [3.8, 4) is 5.75 Å². The number of nitrogens with two attached hydrogens (primary N) is 1. The van der Waals surface area contributed by atoms with Crippen molar-refractivity contribution < 1.29 is 27.1 Å². The summed E-state index contributed by atoms with van der Waals surface area (Å²) in [7, 11) is -0.913. The van der Waals surface area contributed by atoms with E-state index in [1.807, 2.05) is 0 Å². The number of rotatable bonds is 6. The van der Waals surface area contributed by atoms with Gasteiger partial charge in [0, 0.05) is 45.5 Å². The van der Waals surface area contributed by atoms with Crippen LogP contribution >= 0.6 is 0 Å². The smallest absolute Gasteiger partial charge is 0.265 e. The molecule has 9 nitrogen and oxygen atoms in total. The third-order valence-corrected chi connectivity index (χ3v) is 6.88. The minimum absolute atomic E-state index is 0.0231. The maximum atomic E-state index is 13.8. The van der Waals surface area contributed by atoms with E-state index in [9.17, 15) is 22.4 Å². The molecule has 0 saturated carbocycles. The van der Waals surface area contributed by atoms with Crippen molar-refractivity contribution in [1.82, 2.24) is 13.8 Å². The highest BCUT2D eigenvalue weighted by Gasteiger charge is 2.31. The molecule has 11 heteroatoms. The van der Waals surface area contributed by atoms with Crippen LogP contribution in [0.2, 0.25) is 0 Å². The molecule has 0 atom stereocenters. The summed E-state index contributed by atoms with van der Waals surface area (Å²) < 4.78 is 46.9. The fourth-order valence-electron chi connectivity index (χ4n) is 3.28. The number of hydrogen-bond donors (Lipinski definition) is 1. The summed E-state index contributed by atoms with van der Waals surface area (Å²) in [6.07, 6.45) is 4.15. The highest BCUT2D eigenvalue weighted by atomic mass is 32.2. The van der Waals surface area contributed by atoms with Crippen LogP contribution in [0.4, 0.5) is 4.39 Å². The summed E-state index contributed by atoms with van der Waals surface area (Å²) in [4.78, 5) is 25.3. The van der Waals surface area contributed by atoms with Gasteiger partial charge >= 0.3 is 0 Å². The van der Waals surface area contributed by atoms with Crippen molar-refractivity contribution >= 4 is 27.9 Å². The van der Waals surface area contributed by atoms with Crippen molar-refractivity contribution in [3.05, 3.63) is 53.6 Å². The zero-order valence-electron chi connectivity index (χ0n) is 17.1. The molecule has 31 heavy (non-hydrogen) atoms. The summed E-state index contributed by atoms with van der Waals surface area (Å²) in [5, 5.41) is 0. The number of benzene rings is 1. The van der Waals surface area contributed by atoms with Crippen LogP contribution < -0.4 is 10.5 Å². The molecule has 0 unspecified atom stereocenters. The highest BCUT2D eigenvalue weighted by molar-refractivity contribution is 7.89. The molecule has 2 aromatic rings. The van der Waals surface area contributed by atoms with Gasteiger partial charge in [0.05, 0.1) is 7.11 Å². The van der Waals surface area contributed by atoms with Crippen LogP contribution in [-0.2, 0) is 21.9 Å². The topological polar surface area (TPSA) is 115 Å². The molecule has 3 rings (SSSR count). The Bertz CT molecular complexity index is 1130. The molecule has 1 aromatic heterocycles. The first-order valence-corrected chi connectivity index (χ1v) is 10.8. The van der Waals surface area contributed by atoms with Crippen LogP contribution in [0.15, 0.2) is 41.4 Å². The van der Waals surface area contributed by atoms with Crippen LogP contribution in [0.1, 0.15) is 16.1 Å². The number of carbonyl (C=O) groups is 2. The Kier molecular flexibility index (Phi) is 6.46. The Labute approximate surface area is 179 Å². The number of aromatic nitrogens is 1. The minimum Gasteiger partial charge on any atom is -0.494 e. The number of hydrogen-bond acceptors (Lipinski definition) is 5. The molecule has 1 aliphatic heterocycles. The SMILES string of the molecule is COc1ccc(/C=C/C(=O)N2CCN(S(=O)(=O)c3cc(C(N)=O)n(C)c3)CC2)cc1F. The lowest BCUT2D eigenvalue weighted by molar-refractivity contribution is -0.127. The number of halogens is 1. The molecular weight excluding hydrogens is 427 g/mol. The standard InChI is InChI=1S/C20H23FN4O5S/c1-23-13-15(12-17(23)20(22)27)31(28,29)25-9-7-24(8-10-25)19(26)6-4-14-3-5-18(30-2)16(21)11-14/h3-6,11-13H,7-10H2,1-2H3,(H2,22,27)/b6-4+. The number of nitrogens with zero attached hydrogens (tertiary/aromatic N) is 3. The van der Waals surface area contributed by atoms with Gasteiger partial charge in [-0.25, -0.2) is 12.8 Å². The van der Waals surface area contributed by atoms with E-state index in [-0.39, 0.29) is 48.4 Å². The van der Waals surface area contributed by atoms with Gasteiger partial charge in [0.1, 0.15) is 10.6 Å². The molecule has 1 aromatic carbocycles. The number of sulfonamides is 1. The van der Waals surface area contributed by atoms with Gasteiger partial charge in [0.2, 0.25) is 15.9 Å². The van der Waals surface area contributed by atoms with Crippen molar-refractivity contribution in [2.24, 2.45) is 12.8 Å². The predicted octanol–water partition coefficient (Wildman–Crippen LogP) is 0.818. The summed E-state index contributed by atoms with van der Waals surface area (Å²) in [6.45, 7) is 0.628. The lowest BCUT2D eigenvalue weighted by atomic mass is 10.2. The van der Waals surface area contributed by atoms with E-state index in [0.29, 0.717) is 5.56 Å². The molecule has 1 aliphatic rings. The van der Waals surface area contributed by atoms with Crippen LogP contribution in [0.25, 0.3) is 6.08 Å². The number of methoxy groups -OCH3 is 1. The summed E-state index contributed by atoms with van der Waals surface area (Å²) in [5.74, 6) is -1.44. The third kappa shape index (κ3) is 4.78. The van der Waals surface area contributed by atoms with Gasteiger partial charge < -0.3 is 19.9 Å². The van der Waals surface area contributed by atoms with Gasteiger partial charge in [-0.15, -0.1) is 0 Å². The van der Waals surface area contributed by atoms with Gasteiger partial charge in [-0.05, 0) is 29.8 Å². The fraction of sp³-hybridized carbons (Fsp3) is 0.300. The van der Waals surface area contributed by atoms with E-state index >= 15 is 0 Å². The summed E-state index contributed by atoms with van der Waals surface area (Å²) in [6, 6.07) is 5.59. The Morgan fingerprint density at radius 1 is 1.16 bits per heavy atom. The quantitative estimate of drug-likeness (QED) is 0.655. The zero-order chi connectivity index (χ0) is 22.8. The normalized spacial score (nSPS) is 15.4. The predicted molar refractivity (Wildman–Crippen MR) is 111 cm³/mol. The van der Waals surface area contributed by atoms with Crippen molar-refractivity contribution in [2.75, 3.05) is 33.3 Å². The number of aryl methyl sites for hydroxylation is 1. The van der Waals surface area contributed by atoms with E-state index in [4.69, 9.17) is 10.5 Å². The fourth-order valence-corrected chi connectivity index (χ4v) is 4.77. The van der Waals surface area contributed by atoms with Crippen LogP contribution in [0, 0.1) is 5.82 Å². The number of primary amides is 1. The van der Waals surface area contributed by atoms with Crippen molar-refractivity contribution in [1.29, 1.82) is 0 Å². The maximum absolute atomic E-state index is 13.8. The Morgan fingerprint density at radius 3 is 2.39 bits per heavy atom. The second kappa shape index (κ2) is 8.90. The van der Waals surface area contributed by atoms with E-state index in [1.54, 1.807) is 6.07 Å². The van der Waals surface area contributed by atoms with Crippen molar-refractivity contribution in [3.63, 3.8) is 0 Å². The number of carbonyl (C=O) groups excluding carboxylic acids is 2. The highest BCUT2D eigenvalue weighted by Crippen LogP contribution is 2.21. The Balaban J connectivity index is 1.63. The molecule has 0 radical (unpaired) electrons. The molecule has 0 aliphatic carbocycles. The summed E-state index contributed by atoms with van der Waals surface area (Å²) >= 11 is 0. The Hall–Kier alpha value is -3.18. The van der Waals surface area contributed by atoms with Gasteiger partial charge in [-0.1, -0.05) is 6.07 Å². The molecule has 0 bridgehead atoms. The first kappa shape index (κ1) is 22.5. The summed E-state index contributed by atoms with van der Waals surface area (Å²) in [5.41, 5.74) is 5.84. The first-order chi connectivity index (χ1) is 14.6. The Morgan fingerprint density at radius 2 is 1.84 bits per heavy atom. The zero-order valence-corrected chi connectivity index (χ0v) is 17.9. The molecule has 1 saturated heterocycles. The molecule has 1 fully saturated rings. The van der Waals surface area contributed by atoms with Gasteiger partial charge in [-0.3, -0.25) is 9.59 Å². The van der Waals surface area contributed by atoms with Gasteiger partial charge in [0.25, 0.3) is 5.91 Å². The van der Waals surface area contributed by atoms with Crippen LogP contribution in [0.5, 0.6) is 5.75 Å². The van der Waals surface area contributed by atoms with Crippen LogP contribution in [0.3, 0.4) is 0 Å². The first-order valence-electron chi connectivity index (χ1n) is 9.40. The molecule has 2 N–H and O–H groups in total. The second-order valence-electron chi connectivity index (χ2n) is 6.99. The van der Waals surface area contributed by atoms with Gasteiger partial charge in [-0.2, -0.15) is 4.31 Å². The average molecular weight is 450 g/mol. The number of amides is 2. The van der Waals surface area contributed by atoms with E-state index in [2.05, 4.69) is 0 Å². The monoisotopic (exact) mass is 450 g/mol. The second-order valence-corrected chi connectivity index (χ2v) is 8.93. The number of piperazine rings is 1. The maximum Gasteiger partial charge on any atom is 0.265 e. The third-order valence-electron chi connectivity index (χ3n) is 5.01. The van der Waals surface area contributed by atoms with E-state index in [0.717, 1.165) is 0 Å². The molecular formula is C20H23FN4O5S. The number of ether oxygens (including phenoxy) is 1. The van der Waals surface area contributed by atoms with Gasteiger partial charge in [0.15, 0.2) is 11.6 Å². The van der Waals surface area contributed by atoms with E-state index in [1.165, 1.54) is 64.5 Å². The molecule has 2 heterocycles. The molecule has 166 valence electrons. The lowest BCUT2D eigenvalue weighted by Gasteiger charge is -2.33. The average Bonchev–Trinajstić information content (AvgIpc) is 3.15. The largest absolute Gasteiger partial charge is 0.494 e. The minimum atomic E-state index is -3.82. The van der Waals surface area contributed by atoms with Crippen molar-refractivity contribution in [2.45, 2.75) is 4.90 Å². The lowest BCUT2D eigenvalue weighted by Crippen LogP contribution is -2.50. The molecule has 0 spiro atoms. The van der Waals surface area contributed by atoms with Crippen LogP contribution in [-0.4, -0.2) is 67.3 Å². The molecule has 2 amide bonds.